The van der Waals surface area contributed by atoms with E-state index in [4.69, 9.17) is 0 Å². The molecule has 2 aromatic rings. The van der Waals surface area contributed by atoms with Crippen molar-refractivity contribution in [3.8, 4) is 0 Å². The van der Waals surface area contributed by atoms with Gasteiger partial charge in [-0.25, -0.2) is 8.78 Å². The van der Waals surface area contributed by atoms with E-state index in [0.29, 0.717) is 43.6 Å². The molecule has 146 valence electrons. The van der Waals surface area contributed by atoms with Gasteiger partial charge >= 0.3 is 0 Å². The molecule has 0 aromatic heterocycles. The van der Waals surface area contributed by atoms with Crippen LogP contribution in [0.25, 0.3) is 0 Å². The van der Waals surface area contributed by atoms with Crippen LogP contribution in [0.4, 0.5) is 14.5 Å². The molecule has 0 radical (unpaired) electrons. The molecule has 0 unspecified atom stereocenters. The van der Waals surface area contributed by atoms with Crippen molar-refractivity contribution in [1.29, 1.82) is 0 Å². The van der Waals surface area contributed by atoms with Gasteiger partial charge in [-0.2, -0.15) is 0 Å². The van der Waals surface area contributed by atoms with E-state index < -0.39 is 17.7 Å². The minimum atomic E-state index is -0.957. The predicted molar refractivity (Wildman–Crippen MR) is 102 cm³/mol. The van der Waals surface area contributed by atoms with Gasteiger partial charge in [0.2, 0.25) is 11.8 Å². The topological polar surface area (TPSA) is 40.6 Å². The molecule has 0 aliphatic carbocycles. The molecule has 1 atom stereocenters. The van der Waals surface area contributed by atoms with Gasteiger partial charge in [0.1, 0.15) is 6.04 Å². The Morgan fingerprint density at radius 2 is 1.75 bits per heavy atom. The second kappa shape index (κ2) is 7.70. The van der Waals surface area contributed by atoms with Crippen molar-refractivity contribution in [3.05, 3.63) is 65.2 Å². The van der Waals surface area contributed by atoms with E-state index in [2.05, 4.69) is 0 Å². The van der Waals surface area contributed by atoms with Crippen LogP contribution < -0.4 is 4.90 Å². The number of likely N-dealkylation sites (tertiary alicyclic amines) is 1. The Labute approximate surface area is 162 Å². The highest BCUT2D eigenvalue weighted by Crippen LogP contribution is 2.32. The van der Waals surface area contributed by atoms with Crippen LogP contribution in [-0.2, 0) is 22.4 Å². The lowest BCUT2D eigenvalue weighted by Crippen LogP contribution is -2.49. The summed E-state index contributed by atoms with van der Waals surface area (Å²) in [7, 11) is 0. The number of carbonyl (C=O) groups is 2. The summed E-state index contributed by atoms with van der Waals surface area (Å²) < 4.78 is 27.4. The Bertz CT molecular complexity index is 901. The third kappa shape index (κ3) is 3.51. The largest absolute Gasteiger partial charge is 0.330 e. The zero-order valence-corrected chi connectivity index (χ0v) is 15.5. The molecule has 2 heterocycles. The molecular weight excluding hydrogens is 362 g/mol. The highest BCUT2D eigenvalue weighted by Gasteiger charge is 2.38. The SMILES string of the molecule is O=C([C@H]1CCCN1C(=O)Cc1ccccc1)N1CCCc2cc(F)c(F)cc21. The number of fused-ring (bicyclic) bond motifs is 1. The molecule has 2 aromatic carbocycles. The molecule has 2 aliphatic rings. The van der Waals surface area contributed by atoms with Crippen LogP contribution in [0, 0.1) is 11.6 Å². The Hall–Kier alpha value is -2.76. The normalized spacial score (nSPS) is 18.9. The smallest absolute Gasteiger partial charge is 0.249 e. The van der Waals surface area contributed by atoms with Gasteiger partial charge in [-0.3, -0.25) is 9.59 Å². The molecule has 0 spiro atoms. The summed E-state index contributed by atoms with van der Waals surface area (Å²) in [5.41, 5.74) is 1.97. The number of anilines is 1. The lowest BCUT2D eigenvalue weighted by molar-refractivity contribution is -0.136. The van der Waals surface area contributed by atoms with Crippen molar-refractivity contribution in [2.24, 2.45) is 0 Å². The molecular formula is C22H22F2N2O2. The van der Waals surface area contributed by atoms with E-state index in [1.165, 1.54) is 11.0 Å². The van der Waals surface area contributed by atoms with Crippen LogP contribution >= 0.6 is 0 Å². The summed E-state index contributed by atoms with van der Waals surface area (Å²) in [6.45, 7) is 0.995. The summed E-state index contributed by atoms with van der Waals surface area (Å²) in [6, 6.07) is 11.2. The molecule has 2 amide bonds. The van der Waals surface area contributed by atoms with Gasteiger partial charge in [0.15, 0.2) is 11.6 Å². The molecule has 6 heteroatoms. The van der Waals surface area contributed by atoms with Crippen LogP contribution in [0.3, 0.4) is 0 Å². The maximum Gasteiger partial charge on any atom is 0.249 e. The first-order valence-electron chi connectivity index (χ1n) is 9.67. The standard InChI is InChI=1S/C22H22F2N2O2/c23-17-13-16-8-4-11-26(20(16)14-18(17)24)22(28)19-9-5-10-25(19)21(27)12-15-6-2-1-3-7-15/h1-3,6-7,13-14,19H,4-5,8-12H2/t19-/m1/s1. The molecule has 0 bridgehead atoms. The molecule has 1 fully saturated rings. The van der Waals surface area contributed by atoms with Crippen molar-refractivity contribution in [3.63, 3.8) is 0 Å². The fourth-order valence-corrected chi connectivity index (χ4v) is 4.18. The van der Waals surface area contributed by atoms with E-state index in [9.17, 15) is 18.4 Å². The van der Waals surface area contributed by atoms with Gasteiger partial charge in [0, 0.05) is 24.8 Å². The Balaban J connectivity index is 1.55. The quantitative estimate of drug-likeness (QED) is 0.813. The minimum Gasteiger partial charge on any atom is -0.330 e. The van der Waals surface area contributed by atoms with E-state index in [1.54, 1.807) is 4.90 Å². The molecule has 4 nitrogen and oxygen atoms in total. The lowest BCUT2D eigenvalue weighted by Gasteiger charge is -2.34. The maximum absolute atomic E-state index is 13.8. The molecule has 0 N–H and O–H groups in total. The van der Waals surface area contributed by atoms with Crippen molar-refractivity contribution >= 4 is 17.5 Å². The number of nitrogens with zero attached hydrogens (tertiary/aromatic N) is 2. The Morgan fingerprint density at radius 1 is 1.00 bits per heavy atom. The summed E-state index contributed by atoms with van der Waals surface area (Å²) in [4.78, 5) is 29.2. The fourth-order valence-electron chi connectivity index (χ4n) is 4.18. The van der Waals surface area contributed by atoms with Crippen LogP contribution in [-0.4, -0.2) is 35.8 Å². The zero-order valence-electron chi connectivity index (χ0n) is 15.5. The first-order valence-corrected chi connectivity index (χ1v) is 9.67. The van der Waals surface area contributed by atoms with Gasteiger partial charge in [-0.05, 0) is 42.9 Å². The van der Waals surface area contributed by atoms with Gasteiger partial charge in [0.25, 0.3) is 0 Å². The fraction of sp³-hybridized carbons (Fsp3) is 0.364. The number of halogens is 2. The summed E-state index contributed by atoms with van der Waals surface area (Å²) >= 11 is 0. The average molecular weight is 384 g/mol. The molecule has 4 rings (SSSR count). The zero-order chi connectivity index (χ0) is 19.7. The summed E-state index contributed by atoms with van der Waals surface area (Å²) in [5.74, 6) is -2.13. The molecule has 2 aliphatic heterocycles. The van der Waals surface area contributed by atoms with Gasteiger partial charge in [0.05, 0.1) is 6.42 Å². The highest BCUT2D eigenvalue weighted by molar-refractivity contribution is 6.00. The summed E-state index contributed by atoms with van der Waals surface area (Å²) in [5, 5.41) is 0. The van der Waals surface area contributed by atoms with Gasteiger partial charge in [-0.15, -0.1) is 0 Å². The number of aryl methyl sites for hydroxylation is 1. The number of carbonyl (C=O) groups excluding carboxylic acids is 2. The van der Waals surface area contributed by atoms with Crippen molar-refractivity contribution < 1.29 is 18.4 Å². The van der Waals surface area contributed by atoms with E-state index in [-0.39, 0.29) is 18.2 Å². The molecule has 1 saturated heterocycles. The van der Waals surface area contributed by atoms with Crippen LogP contribution in [0.15, 0.2) is 42.5 Å². The first kappa shape index (κ1) is 18.6. The first-order chi connectivity index (χ1) is 13.5. The second-order valence-electron chi connectivity index (χ2n) is 7.40. The number of benzene rings is 2. The Kier molecular flexibility index (Phi) is 5.11. The number of rotatable bonds is 3. The lowest BCUT2D eigenvalue weighted by atomic mass is 10.00. The maximum atomic E-state index is 13.8. The third-order valence-electron chi connectivity index (χ3n) is 5.56. The predicted octanol–water partition coefficient (Wildman–Crippen LogP) is 3.48. The number of hydrogen-bond donors (Lipinski definition) is 0. The van der Waals surface area contributed by atoms with E-state index >= 15 is 0 Å². The molecule has 0 saturated carbocycles. The summed E-state index contributed by atoms with van der Waals surface area (Å²) in [6.07, 6.45) is 2.90. The van der Waals surface area contributed by atoms with Crippen LogP contribution in [0.2, 0.25) is 0 Å². The van der Waals surface area contributed by atoms with E-state index in [1.807, 2.05) is 30.3 Å². The van der Waals surface area contributed by atoms with E-state index in [0.717, 1.165) is 18.1 Å². The highest BCUT2D eigenvalue weighted by atomic mass is 19.2. The van der Waals surface area contributed by atoms with Gasteiger partial charge in [-0.1, -0.05) is 30.3 Å². The second-order valence-corrected chi connectivity index (χ2v) is 7.40. The monoisotopic (exact) mass is 384 g/mol. The van der Waals surface area contributed by atoms with Crippen LogP contribution in [0.1, 0.15) is 30.4 Å². The number of amides is 2. The molecule has 28 heavy (non-hydrogen) atoms. The minimum absolute atomic E-state index is 0.0791. The van der Waals surface area contributed by atoms with Crippen molar-refractivity contribution in [2.75, 3.05) is 18.0 Å². The average Bonchev–Trinajstić information content (AvgIpc) is 3.19. The van der Waals surface area contributed by atoms with Gasteiger partial charge < -0.3 is 9.80 Å². The Morgan fingerprint density at radius 3 is 2.54 bits per heavy atom. The van der Waals surface area contributed by atoms with Crippen molar-refractivity contribution in [1.82, 2.24) is 4.90 Å². The van der Waals surface area contributed by atoms with Crippen molar-refractivity contribution in [2.45, 2.75) is 38.1 Å². The number of hydrogen-bond acceptors (Lipinski definition) is 2. The third-order valence-corrected chi connectivity index (χ3v) is 5.56. The van der Waals surface area contributed by atoms with Crippen LogP contribution in [0.5, 0.6) is 0 Å².